The van der Waals surface area contributed by atoms with Crippen LogP contribution in [-0.4, -0.2) is 27.3 Å². The summed E-state index contributed by atoms with van der Waals surface area (Å²) in [4.78, 5) is 37.2. The van der Waals surface area contributed by atoms with E-state index in [9.17, 15) is 19.5 Å². The molecule has 1 aromatic heterocycles. The van der Waals surface area contributed by atoms with E-state index in [1.54, 1.807) is 6.92 Å². The number of anilines is 1. The van der Waals surface area contributed by atoms with Gasteiger partial charge in [-0.3, -0.25) is 9.59 Å². The van der Waals surface area contributed by atoms with Gasteiger partial charge < -0.3 is 5.11 Å². The first kappa shape index (κ1) is 13.2. The number of rotatable bonds is 2. The highest BCUT2D eigenvalue weighted by Gasteiger charge is 2.54. The zero-order chi connectivity index (χ0) is 14.5. The van der Waals surface area contributed by atoms with Crippen LogP contribution in [-0.2, 0) is 9.59 Å². The summed E-state index contributed by atoms with van der Waals surface area (Å²) in [5.41, 5.74) is -0.290. The molecule has 0 bridgehead atoms. The molecule has 1 aliphatic carbocycles. The van der Waals surface area contributed by atoms with Gasteiger partial charge in [0.2, 0.25) is 11.8 Å². The van der Waals surface area contributed by atoms with Crippen LogP contribution in [0.5, 0.6) is 0 Å². The smallest absolute Gasteiger partial charge is 0.340 e. The predicted octanol–water partition coefficient (Wildman–Crippen LogP) is 1.97. The fourth-order valence-corrected chi connectivity index (χ4v) is 4.11. The Hall–Kier alpha value is -1.76. The molecular formula is C13H14N2O4S. The van der Waals surface area contributed by atoms with Crippen LogP contribution < -0.4 is 4.90 Å². The summed E-state index contributed by atoms with van der Waals surface area (Å²) in [6.45, 7) is 1.57. The van der Waals surface area contributed by atoms with Crippen molar-refractivity contribution < 1.29 is 19.5 Å². The Morgan fingerprint density at radius 2 is 2.00 bits per heavy atom. The summed E-state index contributed by atoms with van der Waals surface area (Å²) in [6, 6.07) is 0. The van der Waals surface area contributed by atoms with Crippen LogP contribution in [0, 0.1) is 12.3 Å². The number of aromatic carboxylic acids is 1. The molecule has 0 radical (unpaired) electrons. The topological polar surface area (TPSA) is 87.6 Å². The van der Waals surface area contributed by atoms with Gasteiger partial charge in [0.1, 0.15) is 10.6 Å². The van der Waals surface area contributed by atoms with Crippen molar-refractivity contribution in [2.45, 2.75) is 39.0 Å². The van der Waals surface area contributed by atoms with Crippen molar-refractivity contribution in [3.8, 4) is 0 Å². The SMILES string of the molecule is Cc1nsc(N2C(=O)CC3(CCCC3)C2=O)c1C(=O)O. The van der Waals surface area contributed by atoms with E-state index in [0.717, 1.165) is 29.3 Å². The zero-order valence-corrected chi connectivity index (χ0v) is 11.8. The quantitative estimate of drug-likeness (QED) is 0.843. The molecular weight excluding hydrogens is 280 g/mol. The largest absolute Gasteiger partial charge is 0.478 e. The number of carbonyl (C=O) groups is 3. The van der Waals surface area contributed by atoms with Crippen LogP contribution in [0.25, 0.3) is 0 Å². The predicted molar refractivity (Wildman–Crippen MR) is 71.8 cm³/mol. The molecule has 106 valence electrons. The number of imide groups is 1. The normalized spacial score (nSPS) is 21.1. The van der Waals surface area contributed by atoms with E-state index in [2.05, 4.69) is 4.37 Å². The lowest BCUT2D eigenvalue weighted by molar-refractivity contribution is -0.125. The molecule has 0 atom stereocenters. The van der Waals surface area contributed by atoms with Crippen LogP contribution >= 0.6 is 11.5 Å². The Morgan fingerprint density at radius 1 is 1.35 bits per heavy atom. The second-order valence-electron chi connectivity index (χ2n) is 5.45. The molecule has 0 aromatic carbocycles. The van der Waals surface area contributed by atoms with E-state index in [4.69, 9.17) is 0 Å². The minimum atomic E-state index is -1.15. The van der Waals surface area contributed by atoms with Gasteiger partial charge in [-0.2, -0.15) is 4.37 Å². The van der Waals surface area contributed by atoms with E-state index in [-0.39, 0.29) is 28.8 Å². The number of amides is 2. The Kier molecular flexibility index (Phi) is 2.89. The second kappa shape index (κ2) is 4.37. The van der Waals surface area contributed by atoms with Gasteiger partial charge in [0.25, 0.3) is 0 Å². The maximum atomic E-state index is 12.6. The van der Waals surface area contributed by atoms with Crippen LogP contribution in [0.4, 0.5) is 5.00 Å². The Labute approximate surface area is 119 Å². The lowest BCUT2D eigenvalue weighted by Crippen LogP contribution is -2.34. The van der Waals surface area contributed by atoms with Crippen molar-refractivity contribution >= 4 is 34.3 Å². The standard InChI is InChI=1S/C13H14N2O4S/c1-7-9(11(17)18)10(20-14-7)15-8(16)6-13(12(15)19)4-2-3-5-13/h2-6H2,1H3,(H,17,18). The molecule has 2 heterocycles. The van der Waals surface area contributed by atoms with E-state index >= 15 is 0 Å². The molecule has 2 amide bonds. The minimum absolute atomic E-state index is 0.0354. The molecule has 2 fully saturated rings. The van der Waals surface area contributed by atoms with Crippen molar-refractivity contribution in [3.05, 3.63) is 11.3 Å². The third-order valence-corrected chi connectivity index (χ3v) is 5.14. The van der Waals surface area contributed by atoms with Crippen molar-refractivity contribution in [2.75, 3.05) is 4.90 Å². The zero-order valence-electron chi connectivity index (χ0n) is 11.0. The highest BCUT2D eigenvalue weighted by Crippen LogP contribution is 2.49. The van der Waals surface area contributed by atoms with Gasteiger partial charge >= 0.3 is 5.97 Å². The van der Waals surface area contributed by atoms with Gasteiger partial charge in [0.05, 0.1) is 11.1 Å². The van der Waals surface area contributed by atoms with Crippen LogP contribution in [0.2, 0.25) is 0 Å². The summed E-state index contributed by atoms with van der Waals surface area (Å²) in [5, 5.41) is 9.40. The van der Waals surface area contributed by atoms with Crippen molar-refractivity contribution in [1.29, 1.82) is 0 Å². The monoisotopic (exact) mass is 294 g/mol. The minimum Gasteiger partial charge on any atom is -0.478 e. The number of aryl methyl sites for hydroxylation is 1. The first-order valence-electron chi connectivity index (χ1n) is 6.53. The summed E-state index contributed by atoms with van der Waals surface area (Å²) >= 11 is 0.905. The molecule has 1 saturated heterocycles. The molecule has 2 aliphatic rings. The first-order chi connectivity index (χ1) is 9.46. The van der Waals surface area contributed by atoms with Gasteiger partial charge in [0.15, 0.2) is 0 Å². The van der Waals surface area contributed by atoms with Gasteiger partial charge in [-0.05, 0) is 31.3 Å². The van der Waals surface area contributed by atoms with Crippen molar-refractivity contribution in [1.82, 2.24) is 4.37 Å². The van der Waals surface area contributed by atoms with Gasteiger partial charge in [-0.25, -0.2) is 9.69 Å². The van der Waals surface area contributed by atoms with Crippen LogP contribution in [0.3, 0.4) is 0 Å². The van der Waals surface area contributed by atoms with Crippen LogP contribution in [0.15, 0.2) is 0 Å². The molecule has 6 nitrogen and oxygen atoms in total. The Morgan fingerprint density at radius 3 is 2.60 bits per heavy atom. The molecule has 1 spiro atoms. The van der Waals surface area contributed by atoms with Crippen molar-refractivity contribution in [2.24, 2.45) is 5.41 Å². The Bertz CT molecular complexity index is 616. The molecule has 7 heteroatoms. The van der Waals surface area contributed by atoms with Gasteiger partial charge in [-0.1, -0.05) is 12.8 Å². The lowest BCUT2D eigenvalue weighted by Gasteiger charge is -2.20. The fourth-order valence-electron chi connectivity index (χ4n) is 3.20. The van der Waals surface area contributed by atoms with E-state index in [1.807, 2.05) is 0 Å². The molecule has 1 aliphatic heterocycles. The number of carboxylic acid groups (broad SMARTS) is 1. The van der Waals surface area contributed by atoms with Gasteiger partial charge in [-0.15, -0.1) is 0 Å². The highest BCUT2D eigenvalue weighted by atomic mass is 32.1. The summed E-state index contributed by atoms with van der Waals surface area (Å²) in [5.74, 6) is -1.70. The molecule has 1 aromatic rings. The summed E-state index contributed by atoms with van der Waals surface area (Å²) in [6.07, 6.45) is 3.52. The molecule has 0 unspecified atom stereocenters. The lowest BCUT2D eigenvalue weighted by atomic mass is 9.84. The molecule has 20 heavy (non-hydrogen) atoms. The Balaban J connectivity index is 2.05. The summed E-state index contributed by atoms with van der Waals surface area (Å²) < 4.78 is 3.98. The van der Waals surface area contributed by atoms with Gasteiger partial charge in [0, 0.05) is 6.42 Å². The van der Waals surface area contributed by atoms with Crippen LogP contribution in [0.1, 0.15) is 48.2 Å². The maximum Gasteiger partial charge on any atom is 0.340 e. The van der Waals surface area contributed by atoms with E-state index < -0.39 is 11.4 Å². The third kappa shape index (κ3) is 1.69. The molecule has 1 N–H and O–H groups in total. The summed E-state index contributed by atoms with van der Waals surface area (Å²) in [7, 11) is 0. The third-order valence-electron chi connectivity index (χ3n) is 4.22. The first-order valence-corrected chi connectivity index (χ1v) is 7.30. The number of hydrogen-bond acceptors (Lipinski definition) is 5. The average molecular weight is 294 g/mol. The molecule has 3 rings (SSSR count). The van der Waals surface area contributed by atoms with E-state index in [0.29, 0.717) is 18.5 Å². The average Bonchev–Trinajstić information content (AvgIpc) is 3.02. The molecule has 1 saturated carbocycles. The number of carbonyl (C=O) groups excluding carboxylic acids is 2. The maximum absolute atomic E-state index is 12.6. The number of aromatic nitrogens is 1. The van der Waals surface area contributed by atoms with Crippen molar-refractivity contribution in [3.63, 3.8) is 0 Å². The number of hydrogen-bond donors (Lipinski definition) is 1. The highest BCUT2D eigenvalue weighted by molar-refractivity contribution is 7.11. The second-order valence-corrected chi connectivity index (χ2v) is 6.20. The fraction of sp³-hybridized carbons (Fsp3) is 0.538. The number of nitrogens with zero attached hydrogens (tertiary/aromatic N) is 2. The number of carboxylic acids is 1. The van der Waals surface area contributed by atoms with E-state index in [1.165, 1.54) is 0 Å².